The van der Waals surface area contributed by atoms with Gasteiger partial charge in [0.25, 0.3) is 0 Å². The van der Waals surface area contributed by atoms with E-state index < -0.39 is 0 Å². The van der Waals surface area contributed by atoms with Gasteiger partial charge in [-0.1, -0.05) is 48.5 Å². The van der Waals surface area contributed by atoms with Crippen molar-refractivity contribution in [1.82, 2.24) is 30.0 Å². The van der Waals surface area contributed by atoms with E-state index in [1.54, 1.807) is 25.0 Å². The first kappa shape index (κ1) is 15.6. The summed E-state index contributed by atoms with van der Waals surface area (Å²) in [6.45, 7) is 0. The summed E-state index contributed by atoms with van der Waals surface area (Å²) in [5.74, 6) is 1.42. The third-order valence-corrected chi connectivity index (χ3v) is 4.84. The molecule has 0 radical (unpaired) electrons. The van der Waals surface area contributed by atoms with Crippen molar-refractivity contribution >= 4 is 11.8 Å². The van der Waals surface area contributed by atoms with E-state index in [9.17, 15) is 0 Å². The lowest BCUT2D eigenvalue weighted by atomic mass is 10.2. The predicted molar refractivity (Wildman–Crippen MR) is 97.4 cm³/mol. The lowest BCUT2D eigenvalue weighted by Crippen LogP contribution is -1.98. The zero-order valence-electron chi connectivity index (χ0n) is 13.6. The third-order valence-electron chi connectivity index (χ3n) is 3.69. The molecule has 25 heavy (non-hydrogen) atoms. The second-order valence-electron chi connectivity index (χ2n) is 5.49. The third kappa shape index (κ3) is 3.32. The van der Waals surface area contributed by atoms with E-state index in [1.165, 1.54) is 10.4 Å². The van der Waals surface area contributed by atoms with E-state index in [1.807, 2.05) is 41.1 Å². The quantitative estimate of drug-likeness (QED) is 0.518. The van der Waals surface area contributed by atoms with Gasteiger partial charge >= 0.3 is 0 Å². The second kappa shape index (κ2) is 6.90. The number of hydrogen-bond donors (Lipinski definition) is 0. The number of benzene rings is 2. The minimum absolute atomic E-state index is 0.584. The molecule has 0 fully saturated rings. The van der Waals surface area contributed by atoms with Gasteiger partial charge in [0.15, 0.2) is 0 Å². The first-order valence-corrected chi connectivity index (χ1v) is 8.84. The Bertz CT molecular complexity index is 962. The van der Waals surface area contributed by atoms with Gasteiger partial charge in [-0.05, 0) is 22.9 Å². The molecule has 7 heteroatoms. The van der Waals surface area contributed by atoms with Crippen LogP contribution in [0.4, 0.5) is 0 Å². The molecule has 2 aromatic carbocycles. The molecule has 124 valence electrons. The molecular weight excluding hydrogens is 332 g/mol. The van der Waals surface area contributed by atoms with Crippen LogP contribution in [0, 0.1) is 0 Å². The van der Waals surface area contributed by atoms with Gasteiger partial charge in [-0.25, -0.2) is 4.68 Å². The van der Waals surface area contributed by atoms with Crippen LogP contribution in [-0.4, -0.2) is 30.0 Å². The molecule has 4 rings (SSSR count). The summed E-state index contributed by atoms with van der Waals surface area (Å²) in [6, 6.07) is 20.4. The number of tetrazole rings is 1. The molecule has 0 atom stereocenters. The van der Waals surface area contributed by atoms with E-state index in [4.69, 9.17) is 0 Å². The van der Waals surface area contributed by atoms with Crippen LogP contribution >= 0.6 is 11.8 Å². The zero-order valence-corrected chi connectivity index (χ0v) is 14.5. The molecule has 0 aliphatic rings. The molecule has 0 spiro atoms. The average molecular weight is 348 g/mol. The Labute approximate surface area is 149 Å². The molecule has 4 aromatic rings. The smallest absolute Gasteiger partial charge is 0.209 e. The van der Waals surface area contributed by atoms with Gasteiger partial charge in [0.05, 0.1) is 24.5 Å². The van der Waals surface area contributed by atoms with Crippen molar-refractivity contribution in [2.75, 3.05) is 0 Å². The van der Waals surface area contributed by atoms with Gasteiger partial charge in [0.2, 0.25) is 5.82 Å². The van der Waals surface area contributed by atoms with Gasteiger partial charge in [-0.2, -0.15) is 9.90 Å². The van der Waals surface area contributed by atoms with E-state index in [-0.39, 0.29) is 0 Å². The van der Waals surface area contributed by atoms with Gasteiger partial charge in [-0.15, -0.1) is 22.0 Å². The molecule has 0 unspecified atom stereocenters. The summed E-state index contributed by atoms with van der Waals surface area (Å²) >= 11 is 1.72. The van der Waals surface area contributed by atoms with Crippen molar-refractivity contribution in [3.05, 3.63) is 72.4 Å². The normalized spacial score (nSPS) is 10.9. The summed E-state index contributed by atoms with van der Waals surface area (Å²) in [5, 5.41) is 18.0. The van der Waals surface area contributed by atoms with Gasteiger partial charge < -0.3 is 0 Å². The number of aromatic nitrogens is 6. The minimum atomic E-state index is 0.584. The van der Waals surface area contributed by atoms with E-state index in [2.05, 4.69) is 44.8 Å². The first-order valence-electron chi connectivity index (χ1n) is 7.86. The van der Waals surface area contributed by atoms with E-state index in [0.29, 0.717) is 5.82 Å². The Kier molecular flexibility index (Phi) is 4.30. The zero-order chi connectivity index (χ0) is 17.1. The van der Waals surface area contributed by atoms with Gasteiger partial charge in [-0.3, -0.25) is 0 Å². The Balaban J connectivity index is 1.73. The van der Waals surface area contributed by atoms with Crippen molar-refractivity contribution < 1.29 is 0 Å². The Morgan fingerprint density at radius 2 is 1.68 bits per heavy atom. The summed E-state index contributed by atoms with van der Waals surface area (Å²) in [5.41, 5.74) is 3.15. The van der Waals surface area contributed by atoms with Crippen LogP contribution in [0.25, 0.3) is 17.1 Å². The Hall–Kier alpha value is -2.93. The van der Waals surface area contributed by atoms with Crippen LogP contribution in [0.5, 0.6) is 0 Å². The largest absolute Gasteiger partial charge is 0.226 e. The number of rotatable bonds is 5. The fraction of sp³-hybridized carbons (Fsp3) is 0.111. The highest BCUT2D eigenvalue weighted by Crippen LogP contribution is 2.33. The van der Waals surface area contributed by atoms with Crippen LogP contribution in [0.15, 0.2) is 71.9 Å². The molecular formula is C18H16N6S. The number of thioether (sulfide) groups is 1. The lowest BCUT2D eigenvalue weighted by molar-refractivity contribution is 0.630. The summed E-state index contributed by atoms with van der Waals surface area (Å²) < 4.78 is 1.93. The Morgan fingerprint density at radius 1 is 0.960 bits per heavy atom. The molecule has 0 amide bonds. The minimum Gasteiger partial charge on any atom is -0.226 e. The lowest BCUT2D eigenvalue weighted by Gasteiger charge is -2.08. The maximum atomic E-state index is 4.56. The number of nitrogens with zero attached hydrogens (tertiary/aromatic N) is 6. The fourth-order valence-corrected chi connectivity index (χ4v) is 3.57. The number of hydrogen-bond acceptors (Lipinski definition) is 5. The van der Waals surface area contributed by atoms with Crippen molar-refractivity contribution in [3.63, 3.8) is 0 Å². The molecule has 0 saturated carbocycles. The first-order chi connectivity index (χ1) is 12.3. The van der Waals surface area contributed by atoms with Crippen molar-refractivity contribution in [3.8, 4) is 17.1 Å². The van der Waals surface area contributed by atoms with Crippen molar-refractivity contribution in [1.29, 1.82) is 0 Å². The van der Waals surface area contributed by atoms with Crippen molar-refractivity contribution in [2.24, 2.45) is 7.05 Å². The number of para-hydroxylation sites is 1. The fourth-order valence-electron chi connectivity index (χ4n) is 2.50. The highest BCUT2D eigenvalue weighted by Gasteiger charge is 2.18. The predicted octanol–water partition coefficient (Wildman–Crippen LogP) is 3.36. The maximum absolute atomic E-state index is 4.56. The second-order valence-corrected chi connectivity index (χ2v) is 6.45. The monoisotopic (exact) mass is 348 g/mol. The van der Waals surface area contributed by atoms with Gasteiger partial charge in [0, 0.05) is 5.75 Å². The number of aryl methyl sites for hydroxylation is 1. The van der Waals surface area contributed by atoms with Crippen LogP contribution in [0.3, 0.4) is 0 Å². The molecule has 0 bridgehead atoms. The van der Waals surface area contributed by atoms with Crippen molar-refractivity contribution in [2.45, 2.75) is 10.8 Å². The van der Waals surface area contributed by atoms with Gasteiger partial charge in [0.1, 0.15) is 5.03 Å². The average Bonchev–Trinajstić information content (AvgIpc) is 3.27. The summed E-state index contributed by atoms with van der Waals surface area (Å²) in [4.78, 5) is 1.46. The molecule has 2 aromatic heterocycles. The standard InChI is InChI=1S/C18H16N6S/c1-23-21-17(20-22-23)16-12-19-24(15-10-6-3-7-11-15)18(16)25-13-14-8-4-2-5-9-14/h2-12H,13H2,1H3. The van der Waals surface area contributed by atoms with E-state index >= 15 is 0 Å². The SMILES string of the molecule is Cn1nnc(-c2cnn(-c3ccccc3)c2SCc2ccccc2)n1. The molecule has 0 saturated heterocycles. The Morgan fingerprint density at radius 3 is 2.36 bits per heavy atom. The molecule has 6 nitrogen and oxygen atoms in total. The summed E-state index contributed by atoms with van der Waals surface area (Å²) in [6.07, 6.45) is 1.80. The van der Waals surface area contributed by atoms with Crippen LogP contribution in [0.1, 0.15) is 5.56 Å². The van der Waals surface area contributed by atoms with Crippen LogP contribution in [0.2, 0.25) is 0 Å². The van der Waals surface area contributed by atoms with E-state index in [0.717, 1.165) is 22.0 Å². The summed E-state index contributed by atoms with van der Waals surface area (Å²) in [7, 11) is 1.76. The van der Waals surface area contributed by atoms with Crippen LogP contribution < -0.4 is 0 Å². The molecule has 0 aliphatic heterocycles. The molecule has 0 N–H and O–H groups in total. The van der Waals surface area contributed by atoms with Crippen LogP contribution in [-0.2, 0) is 12.8 Å². The molecule has 0 aliphatic carbocycles. The highest BCUT2D eigenvalue weighted by molar-refractivity contribution is 7.98. The maximum Gasteiger partial charge on any atom is 0.209 e. The highest BCUT2D eigenvalue weighted by atomic mass is 32.2. The topological polar surface area (TPSA) is 61.4 Å². The molecule has 2 heterocycles.